The molecule has 1 aromatic carbocycles. The number of rotatable bonds is 1. The molecule has 0 saturated carbocycles. The van der Waals surface area contributed by atoms with E-state index in [2.05, 4.69) is 15.3 Å². The van der Waals surface area contributed by atoms with Crippen molar-refractivity contribution in [3.8, 4) is 0 Å². The van der Waals surface area contributed by atoms with Gasteiger partial charge in [-0.3, -0.25) is 9.69 Å². The second-order valence-corrected chi connectivity index (χ2v) is 4.84. The molecule has 1 unspecified atom stereocenters. The summed E-state index contributed by atoms with van der Waals surface area (Å²) >= 11 is 0. The monoisotopic (exact) mass is 252 g/mol. The predicted molar refractivity (Wildman–Crippen MR) is 70.5 cm³/mol. The minimum Gasteiger partial charge on any atom is -0.341 e. The van der Waals surface area contributed by atoms with Crippen LogP contribution in [0.3, 0.4) is 0 Å². The van der Waals surface area contributed by atoms with Crippen LogP contribution in [0.4, 0.5) is 11.5 Å². The van der Waals surface area contributed by atoms with Gasteiger partial charge in [0.15, 0.2) is 5.82 Å². The van der Waals surface area contributed by atoms with Crippen LogP contribution in [0.2, 0.25) is 0 Å². The highest BCUT2D eigenvalue weighted by Crippen LogP contribution is 2.49. The van der Waals surface area contributed by atoms with Crippen molar-refractivity contribution in [2.45, 2.75) is 18.5 Å². The molecule has 1 fully saturated rings. The van der Waals surface area contributed by atoms with Crippen molar-refractivity contribution in [3.63, 3.8) is 0 Å². The zero-order valence-corrected chi connectivity index (χ0v) is 10.2. The van der Waals surface area contributed by atoms with Crippen LogP contribution < -0.4 is 10.2 Å². The van der Waals surface area contributed by atoms with Crippen molar-refractivity contribution in [2.75, 3.05) is 10.2 Å². The molecule has 0 aliphatic carbocycles. The number of benzene rings is 1. The number of aromatic nitrogens is 2. The summed E-state index contributed by atoms with van der Waals surface area (Å²) in [5, 5.41) is 3.41. The van der Waals surface area contributed by atoms with Gasteiger partial charge in [0.25, 0.3) is 0 Å². The fraction of sp³-hybridized carbons (Fsp3) is 0.214. The predicted octanol–water partition coefficient (Wildman–Crippen LogP) is 1.88. The maximum atomic E-state index is 12.2. The highest BCUT2D eigenvalue weighted by molar-refractivity contribution is 6.03. The molecule has 0 radical (unpaired) electrons. The first kappa shape index (κ1) is 10.5. The lowest BCUT2D eigenvalue weighted by molar-refractivity contribution is -0.117. The molecule has 1 aromatic heterocycles. The lowest BCUT2D eigenvalue weighted by Gasteiger charge is -2.32. The summed E-state index contributed by atoms with van der Waals surface area (Å²) in [5.41, 5.74) is 1.36. The van der Waals surface area contributed by atoms with Crippen molar-refractivity contribution in [2.24, 2.45) is 0 Å². The van der Waals surface area contributed by atoms with Gasteiger partial charge in [0.05, 0.1) is 6.20 Å². The Hall–Kier alpha value is -2.43. The summed E-state index contributed by atoms with van der Waals surface area (Å²) in [6.07, 6.45) is 4.48. The van der Waals surface area contributed by atoms with Gasteiger partial charge in [-0.25, -0.2) is 9.97 Å². The molecule has 1 saturated heterocycles. The number of fused-ring (bicyclic) bond motifs is 3. The zero-order chi connectivity index (χ0) is 12.9. The van der Waals surface area contributed by atoms with Gasteiger partial charge < -0.3 is 5.32 Å². The van der Waals surface area contributed by atoms with Gasteiger partial charge in [0.1, 0.15) is 17.7 Å². The zero-order valence-electron chi connectivity index (χ0n) is 10.2. The first-order valence-corrected chi connectivity index (χ1v) is 6.28. The van der Waals surface area contributed by atoms with E-state index in [1.54, 1.807) is 11.1 Å². The first-order valence-electron chi connectivity index (χ1n) is 6.28. The van der Waals surface area contributed by atoms with Crippen LogP contribution in [0.5, 0.6) is 0 Å². The summed E-state index contributed by atoms with van der Waals surface area (Å²) in [5.74, 6) is 0.844. The minimum absolute atomic E-state index is 0.116. The van der Waals surface area contributed by atoms with E-state index in [0.29, 0.717) is 6.42 Å². The van der Waals surface area contributed by atoms with E-state index < -0.39 is 5.66 Å². The first-order chi connectivity index (χ1) is 9.31. The Morgan fingerprint density at radius 1 is 1.26 bits per heavy atom. The van der Waals surface area contributed by atoms with Crippen LogP contribution in [0, 0.1) is 0 Å². The van der Waals surface area contributed by atoms with Gasteiger partial charge in [-0.15, -0.1) is 0 Å². The number of hydrogen-bond donors (Lipinski definition) is 1. The average molecular weight is 252 g/mol. The molecule has 4 rings (SSSR count). The number of amides is 1. The SMILES string of the molecule is O=C1CCC2(c3ccccc3)Nc3ncncc3N12. The Bertz CT molecular complexity index is 658. The van der Waals surface area contributed by atoms with Gasteiger partial charge >= 0.3 is 0 Å². The molecule has 2 aliphatic heterocycles. The van der Waals surface area contributed by atoms with Gasteiger partial charge in [0, 0.05) is 12.8 Å². The lowest BCUT2D eigenvalue weighted by Crippen LogP contribution is -2.44. The maximum absolute atomic E-state index is 12.2. The molecule has 94 valence electrons. The Morgan fingerprint density at radius 2 is 2.11 bits per heavy atom. The van der Waals surface area contributed by atoms with E-state index in [1.165, 1.54) is 6.33 Å². The average Bonchev–Trinajstić information content (AvgIpc) is 2.96. The van der Waals surface area contributed by atoms with E-state index in [-0.39, 0.29) is 5.91 Å². The van der Waals surface area contributed by atoms with E-state index in [9.17, 15) is 4.79 Å². The van der Waals surface area contributed by atoms with Crippen molar-refractivity contribution >= 4 is 17.4 Å². The Morgan fingerprint density at radius 3 is 2.95 bits per heavy atom. The van der Waals surface area contributed by atoms with Gasteiger partial charge in [-0.1, -0.05) is 30.3 Å². The van der Waals surface area contributed by atoms with Crippen molar-refractivity contribution in [1.29, 1.82) is 0 Å². The number of hydrogen-bond acceptors (Lipinski definition) is 4. The molecule has 3 heterocycles. The maximum Gasteiger partial charge on any atom is 0.229 e. The number of nitrogens with one attached hydrogen (secondary N) is 1. The third-order valence-corrected chi connectivity index (χ3v) is 3.84. The third-order valence-electron chi connectivity index (χ3n) is 3.84. The highest BCUT2D eigenvalue weighted by Gasteiger charge is 2.53. The molecule has 2 aromatic rings. The Labute approximate surface area is 110 Å². The standard InChI is InChI=1S/C14H12N4O/c19-12-6-7-14(10-4-2-1-3-5-10)17-13-11(18(12)14)8-15-9-16-13/h1-5,8-9H,6-7H2,(H,15,16,17). The van der Waals surface area contributed by atoms with Crippen LogP contribution in [0.25, 0.3) is 0 Å². The fourth-order valence-electron chi connectivity index (χ4n) is 3.02. The largest absolute Gasteiger partial charge is 0.341 e. The number of carbonyl (C=O) groups is 1. The van der Waals surface area contributed by atoms with Crippen LogP contribution in [-0.2, 0) is 10.5 Å². The molecule has 0 spiro atoms. The molecular formula is C14H12N4O. The molecule has 1 N–H and O–H groups in total. The summed E-state index contributed by atoms with van der Waals surface area (Å²) < 4.78 is 0. The van der Waals surface area contributed by atoms with Crippen molar-refractivity contribution in [1.82, 2.24) is 9.97 Å². The molecular weight excluding hydrogens is 240 g/mol. The number of nitrogens with zero attached hydrogens (tertiary/aromatic N) is 3. The minimum atomic E-state index is -0.489. The van der Waals surface area contributed by atoms with Gasteiger partial charge in [-0.05, 0) is 5.56 Å². The molecule has 1 amide bonds. The number of carbonyl (C=O) groups excluding carboxylic acids is 1. The summed E-state index contributed by atoms with van der Waals surface area (Å²) in [4.78, 5) is 22.3. The molecule has 5 nitrogen and oxygen atoms in total. The van der Waals surface area contributed by atoms with E-state index in [4.69, 9.17) is 0 Å². The van der Waals surface area contributed by atoms with Crippen LogP contribution >= 0.6 is 0 Å². The van der Waals surface area contributed by atoms with Gasteiger partial charge in [0.2, 0.25) is 5.91 Å². The van der Waals surface area contributed by atoms with Gasteiger partial charge in [-0.2, -0.15) is 0 Å². The Kier molecular flexibility index (Phi) is 1.95. The summed E-state index contributed by atoms with van der Waals surface area (Å²) in [6.45, 7) is 0. The van der Waals surface area contributed by atoms with Crippen LogP contribution in [0.1, 0.15) is 18.4 Å². The summed E-state index contributed by atoms with van der Waals surface area (Å²) in [6, 6.07) is 10.0. The topological polar surface area (TPSA) is 58.1 Å². The quantitative estimate of drug-likeness (QED) is 0.842. The molecule has 2 aliphatic rings. The van der Waals surface area contributed by atoms with E-state index in [1.807, 2.05) is 30.3 Å². The lowest BCUT2D eigenvalue weighted by atomic mass is 9.97. The summed E-state index contributed by atoms with van der Waals surface area (Å²) in [7, 11) is 0. The molecule has 5 heteroatoms. The highest BCUT2D eigenvalue weighted by atomic mass is 16.2. The van der Waals surface area contributed by atoms with E-state index >= 15 is 0 Å². The molecule has 1 atom stereocenters. The van der Waals surface area contributed by atoms with Crippen LogP contribution in [-0.4, -0.2) is 15.9 Å². The third kappa shape index (κ3) is 1.27. The molecule has 0 bridgehead atoms. The smallest absolute Gasteiger partial charge is 0.229 e. The number of anilines is 2. The van der Waals surface area contributed by atoms with Crippen molar-refractivity contribution in [3.05, 3.63) is 48.4 Å². The second kappa shape index (κ2) is 3.54. The Balaban J connectivity index is 1.93. The van der Waals surface area contributed by atoms with E-state index in [0.717, 1.165) is 23.5 Å². The van der Waals surface area contributed by atoms with Crippen LogP contribution in [0.15, 0.2) is 42.9 Å². The normalized spacial score (nSPS) is 24.0. The molecule has 19 heavy (non-hydrogen) atoms. The second-order valence-electron chi connectivity index (χ2n) is 4.84. The fourth-order valence-corrected chi connectivity index (χ4v) is 3.02. The van der Waals surface area contributed by atoms with Crippen molar-refractivity contribution < 1.29 is 4.79 Å².